The number of likely N-dealkylation sites (N-methyl/N-ethyl adjacent to an activating group) is 1. The van der Waals surface area contributed by atoms with Crippen molar-refractivity contribution in [1.82, 2.24) is 14.9 Å². The van der Waals surface area contributed by atoms with Crippen LogP contribution in [0.5, 0.6) is 11.5 Å². The lowest BCUT2D eigenvalue weighted by Gasteiger charge is -2.35. The number of methoxy groups -OCH3 is 2. The minimum absolute atomic E-state index is 0.537. The normalized spacial score (nSPS) is 15.0. The standard InChI is InChI=1S/C18H26N6O2/c1-4-23-7-9-24(10-8-23)18-16(19)17(20-12-21-18)22-14-6-5-13(25-2)11-15(14)26-3/h5-6,11-12H,4,7-10,19H2,1-3H3,(H,20,21,22). The number of anilines is 4. The van der Waals surface area contributed by atoms with Crippen LogP contribution in [-0.4, -0.2) is 61.8 Å². The second-order valence-electron chi connectivity index (χ2n) is 6.07. The average molecular weight is 358 g/mol. The molecule has 1 aromatic heterocycles. The first-order chi connectivity index (χ1) is 12.7. The minimum Gasteiger partial charge on any atom is -0.497 e. The third-order valence-electron chi connectivity index (χ3n) is 4.64. The van der Waals surface area contributed by atoms with Crippen molar-refractivity contribution >= 4 is 23.0 Å². The van der Waals surface area contributed by atoms with Gasteiger partial charge in [0.15, 0.2) is 11.6 Å². The van der Waals surface area contributed by atoms with Crippen molar-refractivity contribution < 1.29 is 9.47 Å². The highest BCUT2D eigenvalue weighted by molar-refractivity contribution is 5.80. The molecule has 0 unspecified atom stereocenters. The highest BCUT2D eigenvalue weighted by Crippen LogP contribution is 2.34. The summed E-state index contributed by atoms with van der Waals surface area (Å²) in [6, 6.07) is 5.54. The summed E-state index contributed by atoms with van der Waals surface area (Å²) in [5.74, 6) is 2.71. The predicted molar refractivity (Wildman–Crippen MR) is 104 cm³/mol. The fraction of sp³-hybridized carbons (Fsp3) is 0.444. The zero-order valence-corrected chi connectivity index (χ0v) is 15.5. The van der Waals surface area contributed by atoms with E-state index in [0.717, 1.165) is 50.0 Å². The molecule has 0 saturated carbocycles. The van der Waals surface area contributed by atoms with Gasteiger partial charge in [0.2, 0.25) is 0 Å². The van der Waals surface area contributed by atoms with Gasteiger partial charge in [0, 0.05) is 32.2 Å². The Bertz CT molecular complexity index is 746. The number of nitrogen functional groups attached to an aromatic ring is 1. The zero-order valence-electron chi connectivity index (χ0n) is 15.5. The number of ether oxygens (including phenoxy) is 2. The van der Waals surface area contributed by atoms with Crippen LogP contribution in [0.25, 0.3) is 0 Å². The summed E-state index contributed by atoms with van der Waals surface area (Å²) in [5.41, 5.74) is 7.67. The van der Waals surface area contributed by atoms with E-state index >= 15 is 0 Å². The van der Waals surface area contributed by atoms with Crippen LogP contribution in [0.3, 0.4) is 0 Å². The molecule has 0 radical (unpaired) electrons. The van der Waals surface area contributed by atoms with Crippen LogP contribution in [0.4, 0.5) is 23.0 Å². The summed E-state index contributed by atoms with van der Waals surface area (Å²) in [4.78, 5) is 13.3. The average Bonchev–Trinajstić information content (AvgIpc) is 2.70. The fourth-order valence-electron chi connectivity index (χ4n) is 3.04. The molecule has 2 heterocycles. The first kappa shape index (κ1) is 18.1. The van der Waals surface area contributed by atoms with Crippen molar-refractivity contribution in [2.24, 2.45) is 0 Å². The summed E-state index contributed by atoms with van der Waals surface area (Å²) in [5, 5.41) is 3.25. The van der Waals surface area contributed by atoms with E-state index in [1.54, 1.807) is 14.2 Å². The second kappa shape index (κ2) is 8.09. The van der Waals surface area contributed by atoms with Crippen molar-refractivity contribution in [2.75, 3.05) is 62.9 Å². The van der Waals surface area contributed by atoms with Gasteiger partial charge < -0.3 is 30.3 Å². The molecule has 8 nitrogen and oxygen atoms in total. The quantitative estimate of drug-likeness (QED) is 0.810. The van der Waals surface area contributed by atoms with Crippen molar-refractivity contribution in [3.05, 3.63) is 24.5 Å². The molecule has 140 valence electrons. The largest absolute Gasteiger partial charge is 0.497 e. The topological polar surface area (TPSA) is 88.8 Å². The number of nitrogens with two attached hydrogens (primary N) is 1. The lowest BCUT2D eigenvalue weighted by molar-refractivity contribution is 0.270. The van der Waals surface area contributed by atoms with E-state index in [9.17, 15) is 0 Å². The van der Waals surface area contributed by atoms with Crippen LogP contribution in [-0.2, 0) is 0 Å². The second-order valence-corrected chi connectivity index (χ2v) is 6.07. The predicted octanol–water partition coefficient (Wildman–Crippen LogP) is 1.96. The van der Waals surface area contributed by atoms with Gasteiger partial charge in [0.25, 0.3) is 0 Å². The van der Waals surface area contributed by atoms with Gasteiger partial charge in [0.1, 0.15) is 23.5 Å². The molecule has 3 rings (SSSR count). The SMILES string of the molecule is CCN1CCN(c2ncnc(Nc3ccc(OC)cc3OC)c2N)CC1. The van der Waals surface area contributed by atoms with E-state index in [4.69, 9.17) is 15.2 Å². The van der Waals surface area contributed by atoms with Crippen molar-refractivity contribution in [3.8, 4) is 11.5 Å². The van der Waals surface area contributed by atoms with Gasteiger partial charge in [-0.2, -0.15) is 0 Å². The zero-order chi connectivity index (χ0) is 18.5. The lowest BCUT2D eigenvalue weighted by atomic mass is 10.2. The molecule has 0 aliphatic carbocycles. The van der Waals surface area contributed by atoms with Gasteiger partial charge in [-0.3, -0.25) is 0 Å². The van der Waals surface area contributed by atoms with Crippen LogP contribution < -0.4 is 25.4 Å². The number of hydrogen-bond donors (Lipinski definition) is 2. The number of nitrogens with one attached hydrogen (secondary N) is 1. The van der Waals surface area contributed by atoms with E-state index in [0.29, 0.717) is 17.3 Å². The molecule has 1 aromatic carbocycles. The van der Waals surface area contributed by atoms with Crippen LogP contribution in [0.2, 0.25) is 0 Å². The van der Waals surface area contributed by atoms with E-state index in [2.05, 4.69) is 32.0 Å². The molecule has 1 aliphatic heterocycles. The molecular formula is C18H26N6O2. The van der Waals surface area contributed by atoms with Gasteiger partial charge in [-0.25, -0.2) is 9.97 Å². The van der Waals surface area contributed by atoms with Crippen LogP contribution in [0.1, 0.15) is 6.92 Å². The molecular weight excluding hydrogens is 332 g/mol. The maximum absolute atomic E-state index is 6.37. The summed E-state index contributed by atoms with van der Waals surface area (Å²) in [6.45, 7) is 7.07. The highest BCUT2D eigenvalue weighted by Gasteiger charge is 2.20. The van der Waals surface area contributed by atoms with Gasteiger partial charge in [0.05, 0.1) is 19.9 Å². The Balaban J connectivity index is 1.82. The van der Waals surface area contributed by atoms with Crippen LogP contribution >= 0.6 is 0 Å². The Morgan fingerprint density at radius 1 is 1.12 bits per heavy atom. The van der Waals surface area contributed by atoms with E-state index in [-0.39, 0.29) is 0 Å². The maximum Gasteiger partial charge on any atom is 0.159 e. The van der Waals surface area contributed by atoms with E-state index in [1.165, 1.54) is 6.33 Å². The Kier molecular flexibility index (Phi) is 5.62. The number of piperazine rings is 1. The summed E-state index contributed by atoms with van der Waals surface area (Å²) in [7, 11) is 3.23. The summed E-state index contributed by atoms with van der Waals surface area (Å²) >= 11 is 0. The van der Waals surface area contributed by atoms with Gasteiger partial charge in [-0.15, -0.1) is 0 Å². The van der Waals surface area contributed by atoms with E-state index < -0.39 is 0 Å². The molecule has 8 heteroatoms. The first-order valence-corrected chi connectivity index (χ1v) is 8.73. The number of nitrogens with zero attached hydrogens (tertiary/aromatic N) is 4. The van der Waals surface area contributed by atoms with Crippen LogP contribution in [0, 0.1) is 0 Å². The molecule has 0 spiro atoms. The van der Waals surface area contributed by atoms with Crippen molar-refractivity contribution in [1.29, 1.82) is 0 Å². The Hall–Kier alpha value is -2.74. The summed E-state index contributed by atoms with van der Waals surface area (Å²) < 4.78 is 10.7. The molecule has 1 saturated heterocycles. The molecule has 26 heavy (non-hydrogen) atoms. The summed E-state index contributed by atoms with van der Waals surface area (Å²) in [6.07, 6.45) is 1.54. The minimum atomic E-state index is 0.537. The van der Waals surface area contributed by atoms with Gasteiger partial charge in [-0.1, -0.05) is 6.92 Å². The third kappa shape index (κ3) is 3.75. The number of aromatic nitrogens is 2. The molecule has 1 aliphatic rings. The number of benzene rings is 1. The lowest BCUT2D eigenvalue weighted by Crippen LogP contribution is -2.46. The Morgan fingerprint density at radius 2 is 1.88 bits per heavy atom. The third-order valence-corrected chi connectivity index (χ3v) is 4.64. The molecule has 0 bridgehead atoms. The van der Waals surface area contributed by atoms with Crippen LogP contribution in [0.15, 0.2) is 24.5 Å². The van der Waals surface area contributed by atoms with E-state index in [1.807, 2.05) is 18.2 Å². The molecule has 1 fully saturated rings. The fourth-order valence-corrected chi connectivity index (χ4v) is 3.04. The molecule has 2 aromatic rings. The highest BCUT2D eigenvalue weighted by atomic mass is 16.5. The Labute approximate surface area is 153 Å². The smallest absolute Gasteiger partial charge is 0.159 e. The van der Waals surface area contributed by atoms with Crippen molar-refractivity contribution in [3.63, 3.8) is 0 Å². The Morgan fingerprint density at radius 3 is 2.54 bits per heavy atom. The van der Waals surface area contributed by atoms with Gasteiger partial charge in [-0.05, 0) is 18.7 Å². The molecule has 3 N–H and O–H groups in total. The number of hydrogen-bond acceptors (Lipinski definition) is 8. The van der Waals surface area contributed by atoms with Gasteiger partial charge >= 0.3 is 0 Å². The number of rotatable bonds is 6. The molecule has 0 amide bonds. The monoisotopic (exact) mass is 358 g/mol. The van der Waals surface area contributed by atoms with Crippen molar-refractivity contribution in [2.45, 2.75) is 6.92 Å². The first-order valence-electron chi connectivity index (χ1n) is 8.73. The maximum atomic E-state index is 6.37. The molecule has 0 atom stereocenters.